The molecule has 0 fully saturated rings. The Kier molecular flexibility index (Phi) is 9.37. The predicted molar refractivity (Wildman–Crippen MR) is 304 cm³/mol. The van der Waals surface area contributed by atoms with Gasteiger partial charge in [-0.3, -0.25) is 0 Å². The van der Waals surface area contributed by atoms with Crippen molar-refractivity contribution in [3.8, 4) is 73.2 Å². The minimum atomic E-state index is 0.577. The van der Waals surface area contributed by atoms with Crippen molar-refractivity contribution >= 4 is 86.0 Å². The topological polar surface area (TPSA) is 56.7 Å². The highest BCUT2D eigenvalue weighted by Gasteiger charge is 2.25. The minimum absolute atomic E-state index is 0.577. The smallest absolute Gasteiger partial charge is 0.165 e. The normalized spacial score (nSPS) is 11.8. The number of hydrogen-bond acceptors (Lipinski definition) is 5. The summed E-state index contributed by atoms with van der Waals surface area (Å²) in [6, 6.07) is 86.7. The van der Waals surface area contributed by atoms with Gasteiger partial charge < -0.3 is 8.98 Å². The number of benzene rings is 11. The highest BCUT2D eigenvalue weighted by molar-refractivity contribution is 7.26. The van der Waals surface area contributed by atoms with Crippen molar-refractivity contribution in [2.75, 3.05) is 0 Å². The standard InChI is InChI=1S/C67H40N4OS/c1-3-17-41(18-4-1)43-23-15-24-46(35-43)55-39-48(38-54(42-19-5-2-6-20-42)63(55)71-58-30-12-9-25-49(58)56-36-44-21-7-8-22-45(44)40-59(56)71)66-68-65(47-33-34-61-57(37-47)50-26-10-13-31-60(50)72-61)69-67(70-66)53-29-16-28-52-51-27-11-14-32-62(51)73-64(52)53/h1-40H. The fraction of sp³-hybridized carbons (Fsp3) is 0. The molecular formula is C67H40N4OS. The second-order valence-electron chi connectivity index (χ2n) is 18.7. The third kappa shape index (κ3) is 6.80. The van der Waals surface area contributed by atoms with Crippen LogP contribution in [0.1, 0.15) is 0 Å². The van der Waals surface area contributed by atoms with E-state index < -0.39 is 0 Å². The van der Waals surface area contributed by atoms with E-state index >= 15 is 0 Å². The number of rotatable bonds is 7. The van der Waals surface area contributed by atoms with Crippen molar-refractivity contribution in [3.05, 3.63) is 243 Å². The van der Waals surface area contributed by atoms with Crippen LogP contribution in [-0.4, -0.2) is 19.5 Å². The first-order valence-corrected chi connectivity index (χ1v) is 25.4. The maximum Gasteiger partial charge on any atom is 0.165 e. The van der Waals surface area contributed by atoms with Gasteiger partial charge in [0.2, 0.25) is 0 Å². The first-order valence-electron chi connectivity index (χ1n) is 24.6. The number of fused-ring (bicyclic) bond motifs is 10. The van der Waals surface area contributed by atoms with Crippen molar-refractivity contribution < 1.29 is 4.42 Å². The Bertz CT molecular complexity index is 4680. The molecule has 11 aromatic carbocycles. The summed E-state index contributed by atoms with van der Waals surface area (Å²) in [4.78, 5) is 16.4. The molecule has 5 nitrogen and oxygen atoms in total. The molecule has 73 heavy (non-hydrogen) atoms. The van der Waals surface area contributed by atoms with Gasteiger partial charge in [0.25, 0.3) is 0 Å². The zero-order chi connectivity index (χ0) is 48.0. The van der Waals surface area contributed by atoms with Crippen LogP contribution in [0.5, 0.6) is 0 Å². The van der Waals surface area contributed by atoms with Crippen molar-refractivity contribution in [2.24, 2.45) is 0 Å². The van der Waals surface area contributed by atoms with E-state index in [9.17, 15) is 0 Å². The van der Waals surface area contributed by atoms with Crippen LogP contribution in [-0.2, 0) is 0 Å². The summed E-state index contributed by atoms with van der Waals surface area (Å²) in [6.07, 6.45) is 0. The molecule has 0 aliphatic carbocycles. The van der Waals surface area contributed by atoms with Gasteiger partial charge in [-0.15, -0.1) is 11.3 Å². The van der Waals surface area contributed by atoms with Crippen LogP contribution in [0.15, 0.2) is 247 Å². The highest BCUT2D eigenvalue weighted by atomic mass is 32.1. The molecule has 15 rings (SSSR count). The lowest BCUT2D eigenvalue weighted by Gasteiger charge is -2.21. The van der Waals surface area contributed by atoms with E-state index in [1.165, 1.54) is 37.0 Å². The molecule has 0 N–H and O–H groups in total. The molecule has 0 saturated heterocycles. The van der Waals surface area contributed by atoms with Gasteiger partial charge in [-0.25, -0.2) is 15.0 Å². The average molecular weight is 949 g/mol. The maximum atomic E-state index is 6.32. The molecule has 0 unspecified atom stereocenters. The summed E-state index contributed by atoms with van der Waals surface area (Å²) in [6.45, 7) is 0. The molecule has 0 bridgehead atoms. The summed E-state index contributed by atoms with van der Waals surface area (Å²) >= 11 is 1.78. The van der Waals surface area contributed by atoms with E-state index in [4.69, 9.17) is 19.4 Å². The summed E-state index contributed by atoms with van der Waals surface area (Å²) in [5.41, 5.74) is 14.2. The van der Waals surface area contributed by atoms with Crippen molar-refractivity contribution in [2.45, 2.75) is 0 Å². The Labute approximate surface area is 423 Å². The van der Waals surface area contributed by atoms with Gasteiger partial charge in [0.05, 0.1) is 16.7 Å². The zero-order valence-corrected chi connectivity index (χ0v) is 40.0. The summed E-state index contributed by atoms with van der Waals surface area (Å²) in [5.74, 6) is 1.77. The maximum absolute atomic E-state index is 6.32. The third-order valence-corrected chi connectivity index (χ3v) is 15.6. The van der Waals surface area contributed by atoms with E-state index in [1.807, 2.05) is 18.2 Å². The van der Waals surface area contributed by atoms with Gasteiger partial charge in [0, 0.05) is 69.5 Å². The van der Waals surface area contributed by atoms with Crippen LogP contribution >= 0.6 is 11.3 Å². The monoisotopic (exact) mass is 948 g/mol. The SMILES string of the molecule is c1ccc(-c2cccc(-c3cc(-c4nc(-c5ccc6oc7ccccc7c6c5)nc(-c5cccc6c5sc5ccccc56)n4)cc(-c4ccccc4)c3-n3c4ccccc4c4cc5ccccc5cc43)c2)cc1. The number of hydrogen-bond donors (Lipinski definition) is 0. The van der Waals surface area contributed by atoms with E-state index in [2.05, 4.69) is 229 Å². The van der Waals surface area contributed by atoms with Crippen molar-refractivity contribution in [3.63, 3.8) is 0 Å². The van der Waals surface area contributed by atoms with Crippen LogP contribution in [0, 0.1) is 0 Å². The molecule has 0 aliphatic heterocycles. The number of nitrogens with zero attached hydrogens (tertiary/aromatic N) is 4. The van der Waals surface area contributed by atoms with Crippen LogP contribution in [0.2, 0.25) is 0 Å². The molecule has 0 atom stereocenters. The van der Waals surface area contributed by atoms with Crippen LogP contribution in [0.25, 0.3) is 148 Å². The molecule has 15 aromatic rings. The second-order valence-corrected chi connectivity index (χ2v) is 19.7. The molecule has 0 aliphatic rings. The number of para-hydroxylation sites is 2. The Hall–Kier alpha value is -9.49. The molecule has 340 valence electrons. The van der Waals surface area contributed by atoms with Crippen molar-refractivity contribution in [1.29, 1.82) is 0 Å². The van der Waals surface area contributed by atoms with Crippen LogP contribution in [0.3, 0.4) is 0 Å². The Morgan fingerprint density at radius 1 is 0.315 bits per heavy atom. The summed E-state index contributed by atoms with van der Waals surface area (Å²) in [7, 11) is 0. The lowest BCUT2D eigenvalue weighted by Crippen LogP contribution is -2.04. The van der Waals surface area contributed by atoms with E-state index in [0.717, 1.165) is 93.4 Å². The number of furan rings is 1. The van der Waals surface area contributed by atoms with E-state index in [0.29, 0.717) is 17.5 Å². The first kappa shape index (κ1) is 41.3. The molecular weight excluding hydrogens is 909 g/mol. The largest absolute Gasteiger partial charge is 0.456 e. The zero-order valence-electron chi connectivity index (χ0n) is 39.2. The summed E-state index contributed by atoms with van der Waals surface area (Å²) in [5, 5.41) is 9.25. The molecule has 6 heteroatoms. The van der Waals surface area contributed by atoms with Crippen molar-refractivity contribution in [1.82, 2.24) is 19.5 Å². The van der Waals surface area contributed by atoms with Crippen LogP contribution in [0.4, 0.5) is 0 Å². The minimum Gasteiger partial charge on any atom is -0.456 e. The second kappa shape index (κ2) is 16.6. The molecule has 0 radical (unpaired) electrons. The third-order valence-electron chi connectivity index (χ3n) is 14.4. The Balaban J connectivity index is 1.06. The van der Waals surface area contributed by atoms with Gasteiger partial charge in [-0.2, -0.15) is 0 Å². The van der Waals surface area contributed by atoms with E-state index in [-0.39, 0.29) is 0 Å². The summed E-state index contributed by atoms with van der Waals surface area (Å²) < 4.78 is 11.2. The van der Waals surface area contributed by atoms with Gasteiger partial charge in [-0.1, -0.05) is 170 Å². The quantitative estimate of drug-likeness (QED) is 0.160. The Morgan fingerprint density at radius 2 is 0.918 bits per heavy atom. The number of aromatic nitrogens is 4. The highest BCUT2D eigenvalue weighted by Crippen LogP contribution is 2.46. The fourth-order valence-electron chi connectivity index (χ4n) is 11.0. The molecule has 0 amide bonds. The van der Waals surface area contributed by atoms with Gasteiger partial charge in [0.1, 0.15) is 11.2 Å². The lowest BCUT2D eigenvalue weighted by molar-refractivity contribution is 0.669. The predicted octanol–water partition coefficient (Wildman–Crippen LogP) is 18.4. The van der Waals surface area contributed by atoms with Gasteiger partial charge in [0.15, 0.2) is 17.5 Å². The molecule has 0 spiro atoms. The Morgan fingerprint density at radius 3 is 1.75 bits per heavy atom. The molecule has 0 saturated carbocycles. The lowest BCUT2D eigenvalue weighted by atomic mass is 9.91. The molecule has 4 aromatic heterocycles. The van der Waals surface area contributed by atoms with Crippen LogP contribution < -0.4 is 0 Å². The molecule has 4 heterocycles. The van der Waals surface area contributed by atoms with Gasteiger partial charge in [-0.05, 0) is 106 Å². The number of thiophene rings is 1. The van der Waals surface area contributed by atoms with E-state index in [1.54, 1.807) is 11.3 Å². The first-order chi connectivity index (χ1) is 36.2. The fourth-order valence-corrected chi connectivity index (χ4v) is 12.2. The average Bonchev–Trinajstić information content (AvgIpc) is 4.14. The van der Waals surface area contributed by atoms with Gasteiger partial charge >= 0.3 is 0 Å².